The van der Waals surface area contributed by atoms with Crippen LogP contribution in [-0.2, 0) is 0 Å². The fourth-order valence-electron chi connectivity index (χ4n) is 1.72. The van der Waals surface area contributed by atoms with Crippen LogP contribution >= 0.6 is 0 Å². The predicted molar refractivity (Wildman–Crippen MR) is 69.0 cm³/mol. The predicted octanol–water partition coefficient (Wildman–Crippen LogP) is 1.77. The summed E-state index contributed by atoms with van der Waals surface area (Å²) < 4.78 is 5.40. The lowest BCUT2D eigenvalue weighted by Gasteiger charge is -2.02. The summed E-state index contributed by atoms with van der Waals surface area (Å²) in [6.07, 6.45) is 3.08. The van der Waals surface area contributed by atoms with Crippen molar-refractivity contribution in [3.63, 3.8) is 0 Å². The second-order valence-corrected chi connectivity index (χ2v) is 3.86. The van der Waals surface area contributed by atoms with Crippen LogP contribution in [0, 0.1) is 0 Å². The van der Waals surface area contributed by atoms with Gasteiger partial charge in [-0.15, -0.1) is 0 Å². The number of carbonyl (C=O) groups excluding carboxylic acids is 1. The van der Waals surface area contributed by atoms with Crippen LogP contribution in [0.1, 0.15) is 10.6 Å². The van der Waals surface area contributed by atoms with Crippen molar-refractivity contribution in [3.05, 3.63) is 58.7 Å². The number of hydrogen-bond donors (Lipinski definition) is 2. The van der Waals surface area contributed by atoms with E-state index in [0.717, 1.165) is 0 Å². The first-order chi connectivity index (χ1) is 9.24. The molecule has 2 aromatic heterocycles. The zero-order valence-electron chi connectivity index (χ0n) is 9.71. The Balaban J connectivity index is 2.01. The maximum atomic E-state index is 11.9. The number of nitrogens with one attached hydrogen (secondary N) is 2. The van der Waals surface area contributed by atoms with Crippen molar-refractivity contribution in [3.8, 4) is 0 Å². The van der Waals surface area contributed by atoms with Gasteiger partial charge in [0.2, 0.25) is 5.95 Å². The van der Waals surface area contributed by atoms with Crippen LogP contribution in [0.2, 0.25) is 0 Å². The van der Waals surface area contributed by atoms with Gasteiger partial charge < -0.3 is 9.40 Å². The number of nitrogens with zero attached hydrogens (tertiary/aromatic N) is 1. The highest BCUT2D eigenvalue weighted by Crippen LogP contribution is 2.12. The molecule has 6 heteroatoms. The van der Waals surface area contributed by atoms with E-state index in [4.69, 9.17) is 4.42 Å². The molecule has 3 rings (SSSR count). The quantitative estimate of drug-likeness (QED) is 0.730. The first-order valence-corrected chi connectivity index (χ1v) is 5.58. The number of imidazole rings is 1. The monoisotopic (exact) mass is 255 g/mol. The summed E-state index contributed by atoms with van der Waals surface area (Å²) in [5.41, 5.74) is 0.117. The maximum Gasteiger partial charge on any atom is 0.293 e. The van der Waals surface area contributed by atoms with E-state index < -0.39 is 5.91 Å². The molecule has 6 nitrogen and oxygen atoms in total. The van der Waals surface area contributed by atoms with Crippen molar-refractivity contribution >= 4 is 22.8 Å². The molecule has 1 amide bonds. The molecule has 0 radical (unpaired) electrons. The van der Waals surface area contributed by atoms with E-state index in [2.05, 4.69) is 15.3 Å². The average molecular weight is 255 g/mol. The molecule has 0 atom stereocenters. The fourth-order valence-corrected chi connectivity index (χ4v) is 1.72. The molecule has 0 aliphatic heterocycles. The molecule has 0 spiro atoms. The van der Waals surface area contributed by atoms with Gasteiger partial charge in [0.25, 0.3) is 5.91 Å². The first-order valence-electron chi connectivity index (χ1n) is 5.58. The van der Waals surface area contributed by atoms with Gasteiger partial charge >= 0.3 is 0 Å². The normalized spacial score (nSPS) is 10.5. The molecule has 1 aromatic carbocycles. The lowest BCUT2D eigenvalue weighted by atomic mass is 10.2. The van der Waals surface area contributed by atoms with E-state index in [1.165, 1.54) is 12.3 Å². The topological polar surface area (TPSA) is 88.0 Å². The number of benzene rings is 1. The summed E-state index contributed by atoms with van der Waals surface area (Å²) in [7, 11) is 0. The number of para-hydroxylation sites is 1. The standard InChI is InChI=1S/C13H9N3O3/c17-9-7-11(12(18)16-13-14-5-6-15-13)19-10-4-2-1-3-8(9)10/h1-7H,(H2,14,15,16,18). The molecule has 0 fully saturated rings. The second kappa shape index (κ2) is 4.41. The summed E-state index contributed by atoms with van der Waals surface area (Å²) in [6, 6.07) is 7.93. The Hall–Kier alpha value is -2.89. The Morgan fingerprint density at radius 1 is 1.32 bits per heavy atom. The Bertz CT molecular complexity index is 790. The number of fused-ring (bicyclic) bond motifs is 1. The van der Waals surface area contributed by atoms with Crippen molar-refractivity contribution < 1.29 is 9.21 Å². The number of H-pyrrole nitrogens is 1. The Morgan fingerprint density at radius 3 is 2.95 bits per heavy atom. The van der Waals surface area contributed by atoms with Crippen molar-refractivity contribution in [2.45, 2.75) is 0 Å². The third-order valence-corrected chi connectivity index (χ3v) is 2.59. The third kappa shape index (κ3) is 2.11. The lowest BCUT2D eigenvalue weighted by Crippen LogP contribution is -2.15. The van der Waals surface area contributed by atoms with Crippen LogP contribution < -0.4 is 10.7 Å². The largest absolute Gasteiger partial charge is 0.451 e. The minimum absolute atomic E-state index is 0.0555. The highest BCUT2D eigenvalue weighted by Gasteiger charge is 2.13. The van der Waals surface area contributed by atoms with Gasteiger partial charge in [-0.2, -0.15) is 0 Å². The van der Waals surface area contributed by atoms with Crippen LogP contribution in [0.25, 0.3) is 11.0 Å². The molecule has 19 heavy (non-hydrogen) atoms. The molecule has 2 N–H and O–H groups in total. The van der Waals surface area contributed by atoms with Crippen LogP contribution in [0.3, 0.4) is 0 Å². The van der Waals surface area contributed by atoms with E-state index >= 15 is 0 Å². The highest BCUT2D eigenvalue weighted by atomic mass is 16.3. The number of aromatic amines is 1. The van der Waals surface area contributed by atoms with E-state index in [-0.39, 0.29) is 11.2 Å². The fraction of sp³-hybridized carbons (Fsp3) is 0. The van der Waals surface area contributed by atoms with Gasteiger partial charge in [-0.3, -0.25) is 14.9 Å². The molecule has 94 valence electrons. The molecule has 3 aromatic rings. The Kier molecular flexibility index (Phi) is 2.60. The summed E-state index contributed by atoms with van der Waals surface area (Å²) in [4.78, 5) is 30.3. The van der Waals surface area contributed by atoms with Gasteiger partial charge in [-0.1, -0.05) is 12.1 Å². The molecule has 2 heterocycles. The minimum atomic E-state index is -0.530. The summed E-state index contributed by atoms with van der Waals surface area (Å²) in [6.45, 7) is 0. The summed E-state index contributed by atoms with van der Waals surface area (Å²) in [5.74, 6) is -0.293. The van der Waals surface area contributed by atoms with Crippen molar-refractivity contribution in [2.75, 3.05) is 5.32 Å². The summed E-state index contributed by atoms with van der Waals surface area (Å²) in [5, 5.41) is 2.93. The molecular weight excluding hydrogens is 246 g/mol. The maximum absolute atomic E-state index is 11.9. The Morgan fingerprint density at radius 2 is 2.16 bits per heavy atom. The van der Waals surface area contributed by atoms with E-state index in [1.807, 2.05) is 0 Å². The van der Waals surface area contributed by atoms with Gasteiger partial charge in [0.15, 0.2) is 11.2 Å². The summed E-state index contributed by atoms with van der Waals surface area (Å²) >= 11 is 0. The first kappa shape index (κ1) is 11.2. The minimum Gasteiger partial charge on any atom is -0.451 e. The van der Waals surface area contributed by atoms with Gasteiger partial charge in [0.05, 0.1) is 5.39 Å². The zero-order valence-corrected chi connectivity index (χ0v) is 9.71. The molecule has 0 saturated heterocycles. The lowest BCUT2D eigenvalue weighted by molar-refractivity contribution is 0.0996. The third-order valence-electron chi connectivity index (χ3n) is 2.59. The van der Waals surface area contributed by atoms with Crippen molar-refractivity contribution in [2.24, 2.45) is 0 Å². The SMILES string of the molecule is O=C(Nc1ncc[nH]1)c1cc(=O)c2ccccc2o1. The average Bonchev–Trinajstić information content (AvgIpc) is 2.91. The number of carbonyl (C=O) groups is 1. The second-order valence-electron chi connectivity index (χ2n) is 3.86. The van der Waals surface area contributed by atoms with Crippen molar-refractivity contribution in [1.29, 1.82) is 0 Å². The molecular formula is C13H9N3O3. The van der Waals surface area contributed by atoms with E-state index in [9.17, 15) is 9.59 Å². The van der Waals surface area contributed by atoms with Gasteiger partial charge in [0, 0.05) is 18.5 Å². The molecule has 0 aliphatic rings. The van der Waals surface area contributed by atoms with Crippen LogP contribution in [-0.4, -0.2) is 15.9 Å². The van der Waals surface area contributed by atoms with Crippen LogP contribution in [0.15, 0.2) is 51.9 Å². The van der Waals surface area contributed by atoms with Crippen molar-refractivity contribution in [1.82, 2.24) is 9.97 Å². The number of hydrogen-bond acceptors (Lipinski definition) is 4. The number of anilines is 1. The van der Waals surface area contributed by atoms with E-state index in [1.54, 1.807) is 30.5 Å². The van der Waals surface area contributed by atoms with Gasteiger partial charge in [-0.25, -0.2) is 4.98 Å². The van der Waals surface area contributed by atoms with E-state index in [0.29, 0.717) is 16.9 Å². The number of rotatable bonds is 2. The van der Waals surface area contributed by atoms with Crippen LogP contribution in [0.5, 0.6) is 0 Å². The zero-order chi connectivity index (χ0) is 13.2. The smallest absolute Gasteiger partial charge is 0.293 e. The van der Waals surface area contributed by atoms with Gasteiger partial charge in [0.1, 0.15) is 5.58 Å². The molecule has 0 bridgehead atoms. The molecule has 0 unspecified atom stereocenters. The molecule has 0 aliphatic carbocycles. The highest BCUT2D eigenvalue weighted by molar-refractivity contribution is 6.01. The van der Waals surface area contributed by atoms with Gasteiger partial charge in [-0.05, 0) is 12.1 Å². The number of amides is 1. The Labute approximate surface area is 107 Å². The molecule has 0 saturated carbocycles. The van der Waals surface area contributed by atoms with Crippen LogP contribution in [0.4, 0.5) is 5.95 Å². The number of aromatic nitrogens is 2.